The van der Waals surface area contributed by atoms with E-state index in [9.17, 15) is 9.00 Å². The Hall–Kier alpha value is -0.223. The van der Waals surface area contributed by atoms with Crippen LogP contribution in [0.4, 0.5) is 0 Å². The molecule has 2 rings (SSSR count). The maximum Gasteiger partial charge on any atom is 0.171 e. The maximum atomic E-state index is 12.8. The summed E-state index contributed by atoms with van der Waals surface area (Å²) >= 11 is 0. The van der Waals surface area contributed by atoms with Gasteiger partial charge in [-0.25, -0.2) is 0 Å². The molecule has 1 unspecified atom stereocenters. The van der Waals surface area contributed by atoms with Crippen molar-refractivity contribution in [3.8, 4) is 0 Å². The van der Waals surface area contributed by atoms with Crippen LogP contribution in [-0.2, 0) is 15.6 Å². The van der Waals surface area contributed by atoms with Crippen LogP contribution in [0.1, 0.15) is 40.0 Å². The average molecular weight is 299 g/mol. The molecule has 108 valence electrons. The van der Waals surface area contributed by atoms with E-state index in [1.165, 1.54) is 12.0 Å². The molecule has 0 spiro atoms. The predicted octanol–water partition coefficient (Wildman–Crippen LogP) is 3.46. The zero-order valence-corrected chi connectivity index (χ0v) is 14.8. The SMILES string of the molecule is CC(C)(C)S(=O)[C@H]1C(=O)C([Si](C)(C)C)=C2CCC[C@@H]21. The molecular formula is C15H26O2SSi. The number of hydrogen-bond acceptors (Lipinski definition) is 2. The summed E-state index contributed by atoms with van der Waals surface area (Å²) in [6.45, 7) is 12.7. The van der Waals surface area contributed by atoms with Gasteiger partial charge in [-0.1, -0.05) is 25.2 Å². The van der Waals surface area contributed by atoms with E-state index in [-0.39, 0.29) is 21.7 Å². The van der Waals surface area contributed by atoms with Gasteiger partial charge < -0.3 is 0 Å². The Morgan fingerprint density at radius 1 is 1.21 bits per heavy atom. The number of carbonyl (C=O) groups is 1. The van der Waals surface area contributed by atoms with Crippen molar-refractivity contribution < 1.29 is 9.00 Å². The largest absolute Gasteiger partial charge is 0.294 e. The molecule has 0 aromatic rings. The molecule has 3 atom stereocenters. The summed E-state index contributed by atoms with van der Waals surface area (Å²) in [6, 6.07) is 0. The third-order valence-corrected chi connectivity index (χ3v) is 8.46. The lowest BCUT2D eigenvalue weighted by Gasteiger charge is -2.26. The molecule has 2 aliphatic carbocycles. The first-order valence-corrected chi connectivity index (χ1v) is 11.9. The average Bonchev–Trinajstić information content (AvgIpc) is 2.71. The normalized spacial score (nSPS) is 29.9. The molecule has 0 bridgehead atoms. The highest BCUT2D eigenvalue weighted by atomic mass is 32.2. The van der Waals surface area contributed by atoms with Crippen LogP contribution in [0.5, 0.6) is 0 Å². The fourth-order valence-electron chi connectivity index (χ4n) is 3.48. The Kier molecular flexibility index (Phi) is 3.72. The van der Waals surface area contributed by atoms with E-state index in [4.69, 9.17) is 0 Å². The van der Waals surface area contributed by atoms with Gasteiger partial charge in [0.1, 0.15) is 5.25 Å². The van der Waals surface area contributed by atoms with Crippen molar-refractivity contribution in [3.05, 3.63) is 10.8 Å². The topological polar surface area (TPSA) is 34.1 Å². The minimum atomic E-state index is -1.62. The smallest absolute Gasteiger partial charge is 0.171 e. The van der Waals surface area contributed by atoms with Crippen molar-refractivity contribution in [3.63, 3.8) is 0 Å². The van der Waals surface area contributed by atoms with Crippen LogP contribution in [0, 0.1) is 5.92 Å². The Morgan fingerprint density at radius 3 is 2.26 bits per heavy atom. The predicted molar refractivity (Wildman–Crippen MR) is 84.4 cm³/mol. The maximum absolute atomic E-state index is 12.8. The van der Waals surface area contributed by atoms with Crippen LogP contribution >= 0.6 is 0 Å². The summed E-state index contributed by atoms with van der Waals surface area (Å²) < 4.78 is 12.5. The van der Waals surface area contributed by atoms with E-state index < -0.39 is 18.9 Å². The summed E-state index contributed by atoms with van der Waals surface area (Å²) in [5.41, 5.74) is 1.38. The number of hydrogen-bond donors (Lipinski definition) is 0. The zero-order valence-electron chi connectivity index (χ0n) is 13.0. The highest BCUT2D eigenvalue weighted by molar-refractivity contribution is 7.88. The molecule has 1 saturated carbocycles. The molecular weight excluding hydrogens is 272 g/mol. The van der Waals surface area contributed by atoms with Gasteiger partial charge in [-0.3, -0.25) is 9.00 Å². The van der Waals surface area contributed by atoms with E-state index in [1.54, 1.807) is 0 Å². The summed E-state index contributed by atoms with van der Waals surface area (Å²) in [4.78, 5) is 12.8. The Morgan fingerprint density at radius 2 is 1.79 bits per heavy atom. The van der Waals surface area contributed by atoms with Gasteiger partial charge in [0.05, 0.1) is 8.07 Å². The molecule has 0 saturated heterocycles. The molecule has 0 N–H and O–H groups in total. The van der Waals surface area contributed by atoms with Crippen molar-refractivity contribution in [2.75, 3.05) is 0 Å². The molecule has 0 radical (unpaired) electrons. The van der Waals surface area contributed by atoms with Crippen LogP contribution in [0.2, 0.25) is 19.6 Å². The molecule has 0 heterocycles. The first kappa shape index (κ1) is 15.2. The van der Waals surface area contributed by atoms with Crippen LogP contribution in [0.25, 0.3) is 0 Å². The Balaban J connectivity index is 2.44. The number of ketones is 1. The second-order valence-corrected chi connectivity index (χ2v) is 15.2. The lowest BCUT2D eigenvalue weighted by molar-refractivity contribution is -0.114. The van der Waals surface area contributed by atoms with Crippen molar-refractivity contribution >= 4 is 24.7 Å². The van der Waals surface area contributed by atoms with Gasteiger partial charge in [-0.05, 0) is 45.2 Å². The van der Waals surface area contributed by atoms with E-state index in [0.29, 0.717) is 0 Å². The lowest BCUT2D eigenvalue weighted by Crippen LogP contribution is -2.40. The number of rotatable bonds is 2. The minimum Gasteiger partial charge on any atom is -0.294 e. The zero-order chi connectivity index (χ0) is 14.6. The van der Waals surface area contributed by atoms with Gasteiger partial charge in [0.2, 0.25) is 0 Å². The van der Waals surface area contributed by atoms with Crippen LogP contribution < -0.4 is 0 Å². The summed E-state index contributed by atoms with van der Waals surface area (Å²) in [7, 11) is -2.70. The van der Waals surface area contributed by atoms with E-state index in [2.05, 4.69) is 19.6 Å². The van der Waals surface area contributed by atoms with Gasteiger partial charge in [0.15, 0.2) is 5.78 Å². The third-order valence-electron chi connectivity index (χ3n) is 4.18. The highest BCUT2D eigenvalue weighted by Gasteiger charge is 2.51. The fourth-order valence-corrected chi connectivity index (χ4v) is 7.42. The highest BCUT2D eigenvalue weighted by Crippen LogP contribution is 2.47. The molecule has 2 nitrogen and oxygen atoms in total. The van der Waals surface area contributed by atoms with Crippen molar-refractivity contribution in [2.45, 2.75) is 69.7 Å². The van der Waals surface area contributed by atoms with E-state index in [1.807, 2.05) is 20.8 Å². The number of allylic oxidation sites excluding steroid dienone is 2. The van der Waals surface area contributed by atoms with Crippen molar-refractivity contribution in [1.29, 1.82) is 0 Å². The molecule has 4 heteroatoms. The van der Waals surface area contributed by atoms with E-state index in [0.717, 1.165) is 18.0 Å². The third kappa shape index (κ3) is 2.54. The van der Waals surface area contributed by atoms with Crippen LogP contribution in [0.3, 0.4) is 0 Å². The summed E-state index contributed by atoms with van der Waals surface area (Å²) in [5, 5.41) is 0.872. The molecule has 2 aliphatic rings. The number of Topliss-reactive ketones (excluding diaryl/α,β-unsaturated/α-hetero) is 1. The molecule has 0 aromatic heterocycles. The molecule has 0 aromatic carbocycles. The van der Waals surface area contributed by atoms with Gasteiger partial charge in [-0.2, -0.15) is 0 Å². The van der Waals surface area contributed by atoms with Crippen molar-refractivity contribution in [2.24, 2.45) is 5.92 Å². The quantitative estimate of drug-likeness (QED) is 0.732. The van der Waals surface area contributed by atoms with Gasteiger partial charge in [0.25, 0.3) is 0 Å². The minimum absolute atomic E-state index is 0.229. The fraction of sp³-hybridized carbons (Fsp3) is 0.800. The Bertz CT molecular complexity index is 466. The van der Waals surface area contributed by atoms with Crippen LogP contribution in [-0.4, -0.2) is 28.1 Å². The standard InChI is InChI=1S/C15H26O2SSi/c1-15(2,3)18(17)13-10-8-7-9-11(10)14(12(13)16)19(4,5)6/h10,13H,7-9H2,1-6H3/t10-,13+,18?/m0/s1. The molecule has 1 fully saturated rings. The lowest BCUT2D eigenvalue weighted by atomic mass is 10.1. The second-order valence-electron chi connectivity index (χ2n) is 7.84. The van der Waals surface area contributed by atoms with Crippen molar-refractivity contribution in [1.82, 2.24) is 0 Å². The molecule has 0 amide bonds. The molecule has 19 heavy (non-hydrogen) atoms. The first-order valence-electron chi connectivity index (χ1n) is 7.23. The summed E-state index contributed by atoms with van der Waals surface area (Å²) in [5.74, 6) is 0.515. The van der Waals surface area contributed by atoms with Gasteiger partial charge in [-0.15, -0.1) is 0 Å². The van der Waals surface area contributed by atoms with Gasteiger partial charge in [0, 0.05) is 21.5 Å². The van der Waals surface area contributed by atoms with E-state index >= 15 is 0 Å². The summed E-state index contributed by atoms with van der Waals surface area (Å²) in [6.07, 6.45) is 3.29. The van der Waals surface area contributed by atoms with Crippen LogP contribution in [0.15, 0.2) is 10.8 Å². The first-order chi connectivity index (χ1) is 8.55. The Labute approximate surface area is 120 Å². The number of fused-ring (bicyclic) bond motifs is 1. The van der Waals surface area contributed by atoms with Gasteiger partial charge >= 0.3 is 0 Å². The second kappa shape index (κ2) is 4.66. The number of carbonyl (C=O) groups excluding carboxylic acids is 1. The monoisotopic (exact) mass is 298 g/mol. The molecule has 0 aliphatic heterocycles.